The lowest BCUT2D eigenvalue weighted by atomic mass is 10.1. The van der Waals surface area contributed by atoms with E-state index in [-0.39, 0.29) is 36.6 Å². The highest BCUT2D eigenvalue weighted by Gasteiger charge is 2.25. The number of hydrogen-bond acceptors (Lipinski definition) is 4. The van der Waals surface area contributed by atoms with E-state index in [1.807, 2.05) is 4.90 Å². The van der Waals surface area contributed by atoms with Gasteiger partial charge in [0.05, 0.1) is 0 Å². The first-order valence-electron chi connectivity index (χ1n) is 8.06. The van der Waals surface area contributed by atoms with Crippen molar-refractivity contribution in [2.45, 2.75) is 45.6 Å². The first-order valence-corrected chi connectivity index (χ1v) is 8.06. The minimum absolute atomic E-state index is 0.0487. The van der Waals surface area contributed by atoms with Crippen molar-refractivity contribution in [3.05, 3.63) is 0 Å². The van der Waals surface area contributed by atoms with Crippen LogP contribution in [0.3, 0.4) is 0 Å². The molecular formula is C15H28N4O3. The van der Waals surface area contributed by atoms with E-state index in [0.717, 1.165) is 32.5 Å². The van der Waals surface area contributed by atoms with Crippen molar-refractivity contribution in [2.24, 2.45) is 0 Å². The molecule has 0 aliphatic carbocycles. The molecule has 22 heavy (non-hydrogen) atoms. The predicted molar refractivity (Wildman–Crippen MR) is 84.2 cm³/mol. The van der Waals surface area contributed by atoms with Gasteiger partial charge in [-0.25, -0.2) is 0 Å². The van der Waals surface area contributed by atoms with E-state index in [2.05, 4.69) is 22.9 Å². The third-order valence-corrected chi connectivity index (χ3v) is 3.65. The maximum atomic E-state index is 12.3. The van der Waals surface area contributed by atoms with Crippen LogP contribution < -0.4 is 16.0 Å². The monoisotopic (exact) mass is 312 g/mol. The minimum Gasteiger partial charge on any atom is -0.355 e. The van der Waals surface area contributed by atoms with Crippen molar-refractivity contribution in [2.75, 3.05) is 32.7 Å². The smallest absolute Gasteiger partial charge is 0.223 e. The maximum Gasteiger partial charge on any atom is 0.223 e. The van der Waals surface area contributed by atoms with E-state index in [1.54, 1.807) is 0 Å². The molecule has 1 rings (SSSR count). The minimum atomic E-state index is -0.153. The van der Waals surface area contributed by atoms with Crippen LogP contribution >= 0.6 is 0 Å². The van der Waals surface area contributed by atoms with Crippen LogP contribution in [-0.2, 0) is 14.4 Å². The van der Waals surface area contributed by atoms with Gasteiger partial charge in [-0.1, -0.05) is 6.92 Å². The average molecular weight is 312 g/mol. The number of amides is 3. The lowest BCUT2D eigenvalue weighted by Crippen LogP contribution is -2.42. The molecular weight excluding hydrogens is 284 g/mol. The Kier molecular flexibility index (Phi) is 8.50. The molecule has 1 aliphatic rings. The van der Waals surface area contributed by atoms with Crippen molar-refractivity contribution < 1.29 is 14.4 Å². The summed E-state index contributed by atoms with van der Waals surface area (Å²) in [4.78, 5) is 36.6. The van der Waals surface area contributed by atoms with Crippen LogP contribution in [0.25, 0.3) is 0 Å². The Balaban J connectivity index is 2.26. The summed E-state index contributed by atoms with van der Waals surface area (Å²) in [7, 11) is 0. The number of hydrogen-bond donors (Lipinski definition) is 3. The Morgan fingerprint density at radius 2 is 1.91 bits per heavy atom. The summed E-state index contributed by atoms with van der Waals surface area (Å²) in [5.41, 5.74) is 0. The topological polar surface area (TPSA) is 90.5 Å². The zero-order chi connectivity index (χ0) is 16.4. The Bertz CT molecular complexity index is 381. The van der Waals surface area contributed by atoms with Crippen molar-refractivity contribution in [1.29, 1.82) is 0 Å². The zero-order valence-electron chi connectivity index (χ0n) is 13.6. The van der Waals surface area contributed by atoms with E-state index in [0.29, 0.717) is 13.1 Å². The van der Waals surface area contributed by atoms with Gasteiger partial charge in [0.25, 0.3) is 0 Å². The maximum absolute atomic E-state index is 12.3. The Hall–Kier alpha value is -1.63. The largest absolute Gasteiger partial charge is 0.355 e. The lowest BCUT2D eigenvalue weighted by molar-refractivity contribution is -0.135. The van der Waals surface area contributed by atoms with E-state index in [9.17, 15) is 14.4 Å². The summed E-state index contributed by atoms with van der Waals surface area (Å²) < 4.78 is 0. The van der Waals surface area contributed by atoms with Crippen molar-refractivity contribution in [3.8, 4) is 0 Å². The fraction of sp³-hybridized carbons (Fsp3) is 0.800. The Morgan fingerprint density at radius 3 is 2.50 bits per heavy atom. The number of nitrogens with zero attached hydrogens (tertiary/aromatic N) is 1. The van der Waals surface area contributed by atoms with E-state index in [4.69, 9.17) is 0 Å². The normalized spacial score (nSPS) is 17.1. The summed E-state index contributed by atoms with van der Waals surface area (Å²) in [6, 6.07) is 0.260. The molecule has 0 aromatic rings. The molecule has 1 saturated heterocycles. The molecule has 0 aromatic carbocycles. The second kappa shape index (κ2) is 10.2. The molecule has 1 unspecified atom stereocenters. The van der Waals surface area contributed by atoms with Crippen LogP contribution in [0.4, 0.5) is 0 Å². The SMILES string of the molecule is CCCN(C(=O)CCC(=O)NCCNC(C)=O)C1CCNC1. The standard InChI is InChI=1S/C15H28N4O3/c1-3-10-19(13-6-7-16-11-13)15(22)5-4-14(21)18-9-8-17-12(2)20/h13,16H,3-11H2,1-2H3,(H,17,20)(H,18,21). The van der Waals surface area contributed by atoms with Crippen LogP contribution in [-0.4, -0.2) is 61.4 Å². The molecule has 0 aromatic heterocycles. The van der Waals surface area contributed by atoms with Gasteiger partial charge in [-0.3, -0.25) is 14.4 Å². The fourth-order valence-electron chi connectivity index (χ4n) is 2.55. The van der Waals surface area contributed by atoms with Crippen molar-refractivity contribution in [1.82, 2.24) is 20.9 Å². The number of rotatable bonds is 9. The molecule has 7 heteroatoms. The van der Waals surface area contributed by atoms with Crippen LogP contribution in [0, 0.1) is 0 Å². The summed E-state index contributed by atoms with van der Waals surface area (Å²) in [6.07, 6.45) is 2.33. The lowest BCUT2D eigenvalue weighted by Gasteiger charge is -2.28. The quantitative estimate of drug-likeness (QED) is 0.506. The predicted octanol–water partition coefficient (Wildman–Crippen LogP) is -0.381. The highest BCUT2D eigenvalue weighted by molar-refractivity contribution is 5.84. The van der Waals surface area contributed by atoms with Gasteiger partial charge in [-0.2, -0.15) is 0 Å². The molecule has 0 saturated carbocycles. The second-order valence-corrected chi connectivity index (χ2v) is 5.57. The van der Waals surface area contributed by atoms with Gasteiger partial charge in [0.1, 0.15) is 0 Å². The molecule has 3 N–H and O–H groups in total. The van der Waals surface area contributed by atoms with Gasteiger partial charge in [0.15, 0.2) is 0 Å². The van der Waals surface area contributed by atoms with Crippen LogP contribution in [0.2, 0.25) is 0 Å². The van der Waals surface area contributed by atoms with Gasteiger partial charge in [-0.15, -0.1) is 0 Å². The zero-order valence-corrected chi connectivity index (χ0v) is 13.6. The van der Waals surface area contributed by atoms with E-state index < -0.39 is 0 Å². The fourth-order valence-corrected chi connectivity index (χ4v) is 2.55. The number of carbonyl (C=O) groups excluding carboxylic acids is 3. The van der Waals surface area contributed by atoms with E-state index in [1.165, 1.54) is 6.92 Å². The van der Waals surface area contributed by atoms with Crippen LogP contribution in [0.5, 0.6) is 0 Å². The molecule has 7 nitrogen and oxygen atoms in total. The number of carbonyl (C=O) groups is 3. The van der Waals surface area contributed by atoms with Crippen molar-refractivity contribution >= 4 is 17.7 Å². The molecule has 0 radical (unpaired) electrons. The Morgan fingerprint density at radius 1 is 1.18 bits per heavy atom. The van der Waals surface area contributed by atoms with Crippen LogP contribution in [0.15, 0.2) is 0 Å². The number of nitrogens with one attached hydrogen (secondary N) is 3. The molecule has 0 spiro atoms. The third-order valence-electron chi connectivity index (χ3n) is 3.65. The molecule has 1 atom stereocenters. The van der Waals surface area contributed by atoms with Gasteiger partial charge >= 0.3 is 0 Å². The van der Waals surface area contributed by atoms with Gasteiger partial charge < -0.3 is 20.9 Å². The first-order chi connectivity index (χ1) is 10.5. The van der Waals surface area contributed by atoms with Gasteiger partial charge in [0.2, 0.25) is 17.7 Å². The highest BCUT2D eigenvalue weighted by atomic mass is 16.2. The first kappa shape index (κ1) is 18.4. The second-order valence-electron chi connectivity index (χ2n) is 5.57. The summed E-state index contributed by atoms with van der Waals surface area (Å²) in [6.45, 7) is 6.81. The van der Waals surface area contributed by atoms with Crippen molar-refractivity contribution in [3.63, 3.8) is 0 Å². The molecule has 126 valence electrons. The molecule has 0 bridgehead atoms. The average Bonchev–Trinajstić information content (AvgIpc) is 3.00. The summed E-state index contributed by atoms with van der Waals surface area (Å²) in [5, 5.41) is 8.57. The molecule has 3 amide bonds. The highest BCUT2D eigenvalue weighted by Crippen LogP contribution is 2.11. The van der Waals surface area contributed by atoms with E-state index >= 15 is 0 Å². The summed E-state index contributed by atoms with van der Waals surface area (Å²) >= 11 is 0. The van der Waals surface area contributed by atoms with Gasteiger partial charge in [-0.05, 0) is 19.4 Å². The summed E-state index contributed by atoms with van der Waals surface area (Å²) in [5.74, 6) is -0.225. The van der Waals surface area contributed by atoms with Gasteiger partial charge in [0, 0.05) is 52.0 Å². The Labute approximate surface area is 132 Å². The van der Waals surface area contributed by atoms with Crippen LogP contribution in [0.1, 0.15) is 39.5 Å². The molecule has 1 heterocycles. The molecule has 1 aliphatic heterocycles. The third kappa shape index (κ3) is 6.89. The molecule has 1 fully saturated rings.